The number of para-hydroxylation sites is 1. The Morgan fingerprint density at radius 3 is 2.65 bits per heavy atom. The lowest BCUT2D eigenvalue weighted by Crippen LogP contribution is -2.35. The molecule has 1 amide bonds. The fourth-order valence-corrected chi connectivity index (χ4v) is 2.90. The average molecular weight is 354 g/mol. The van der Waals surface area contributed by atoms with Crippen LogP contribution in [0, 0.1) is 0 Å². The van der Waals surface area contributed by atoms with Crippen LogP contribution in [0.3, 0.4) is 0 Å². The summed E-state index contributed by atoms with van der Waals surface area (Å²) in [5.41, 5.74) is 2.38. The van der Waals surface area contributed by atoms with Gasteiger partial charge in [-0.2, -0.15) is 0 Å². The number of methoxy groups -OCH3 is 1. The van der Waals surface area contributed by atoms with Crippen LogP contribution in [0.1, 0.15) is 26.3 Å². The molecule has 1 aliphatic heterocycles. The summed E-state index contributed by atoms with van der Waals surface area (Å²) in [6.45, 7) is 4.05. The van der Waals surface area contributed by atoms with Crippen molar-refractivity contribution < 1.29 is 19.1 Å². The summed E-state index contributed by atoms with van der Waals surface area (Å²) in [5, 5.41) is 2.80. The van der Waals surface area contributed by atoms with Crippen LogP contribution in [0.4, 0.5) is 5.69 Å². The number of morpholine rings is 1. The quantitative estimate of drug-likeness (QED) is 0.836. The number of hydrogen-bond acceptors (Lipinski definition) is 5. The van der Waals surface area contributed by atoms with Gasteiger partial charge in [0, 0.05) is 25.2 Å². The zero-order valence-electron chi connectivity index (χ0n) is 14.7. The van der Waals surface area contributed by atoms with E-state index in [9.17, 15) is 9.59 Å². The summed E-state index contributed by atoms with van der Waals surface area (Å²) in [6.07, 6.45) is 0. The first kappa shape index (κ1) is 18.1. The molecule has 6 nitrogen and oxygen atoms in total. The average Bonchev–Trinajstić information content (AvgIpc) is 2.69. The molecule has 26 heavy (non-hydrogen) atoms. The zero-order chi connectivity index (χ0) is 18.4. The lowest BCUT2D eigenvalue weighted by molar-refractivity contribution is 0.0342. The molecule has 0 aromatic heterocycles. The number of carbonyl (C=O) groups is 2. The maximum atomic E-state index is 12.6. The molecule has 0 atom stereocenters. The van der Waals surface area contributed by atoms with E-state index in [4.69, 9.17) is 9.47 Å². The molecule has 0 aliphatic carbocycles. The maximum absolute atomic E-state index is 12.6. The number of carbonyl (C=O) groups excluding carboxylic acids is 2. The van der Waals surface area contributed by atoms with E-state index >= 15 is 0 Å². The van der Waals surface area contributed by atoms with Crippen molar-refractivity contribution in [2.75, 3.05) is 38.7 Å². The highest BCUT2D eigenvalue weighted by Gasteiger charge is 2.15. The van der Waals surface area contributed by atoms with E-state index in [-0.39, 0.29) is 5.91 Å². The van der Waals surface area contributed by atoms with Gasteiger partial charge in [-0.1, -0.05) is 24.3 Å². The minimum atomic E-state index is -0.484. The van der Waals surface area contributed by atoms with Gasteiger partial charge in [-0.25, -0.2) is 4.79 Å². The lowest BCUT2D eigenvalue weighted by atomic mass is 10.1. The van der Waals surface area contributed by atoms with Crippen molar-refractivity contribution in [3.63, 3.8) is 0 Å². The number of hydrogen-bond donors (Lipinski definition) is 1. The Hall–Kier alpha value is -2.70. The Kier molecular flexibility index (Phi) is 5.99. The third kappa shape index (κ3) is 4.47. The van der Waals surface area contributed by atoms with Gasteiger partial charge in [0.15, 0.2) is 0 Å². The molecule has 1 fully saturated rings. The summed E-state index contributed by atoms with van der Waals surface area (Å²) in [7, 11) is 1.32. The van der Waals surface area contributed by atoms with Crippen LogP contribution in [-0.2, 0) is 16.0 Å². The first-order chi connectivity index (χ1) is 12.7. The topological polar surface area (TPSA) is 67.9 Å². The summed E-state index contributed by atoms with van der Waals surface area (Å²) in [6, 6.07) is 14.3. The highest BCUT2D eigenvalue weighted by molar-refractivity contribution is 6.08. The first-order valence-corrected chi connectivity index (χ1v) is 8.55. The first-order valence-electron chi connectivity index (χ1n) is 8.55. The van der Waals surface area contributed by atoms with Crippen LogP contribution in [0.5, 0.6) is 0 Å². The summed E-state index contributed by atoms with van der Waals surface area (Å²) in [4.78, 5) is 26.8. The van der Waals surface area contributed by atoms with E-state index < -0.39 is 5.97 Å². The van der Waals surface area contributed by atoms with Gasteiger partial charge in [0.25, 0.3) is 5.91 Å². The van der Waals surface area contributed by atoms with E-state index in [1.165, 1.54) is 7.11 Å². The Labute approximate surface area is 152 Å². The molecule has 0 spiro atoms. The van der Waals surface area contributed by atoms with E-state index in [0.717, 1.165) is 38.4 Å². The second-order valence-electron chi connectivity index (χ2n) is 6.08. The number of amides is 1. The fourth-order valence-electron chi connectivity index (χ4n) is 2.90. The normalized spacial score (nSPS) is 14.7. The zero-order valence-corrected chi connectivity index (χ0v) is 14.7. The van der Waals surface area contributed by atoms with Crippen LogP contribution >= 0.6 is 0 Å². The molecule has 2 aromatic rings. The molecule has 0 radical (unpaired) electrons. The molecule has 1 saturated heterocycles. The van der Waals surface area contributed by atoms with E-state index in [0.29, 0.717) is 16.8 Å². The maximum Gasteiger partial charge on any atom is 0.339 e. The molecule has 2 aromatic carbocycles. The smallest absolute Gasteiger partial charge is 0.339 e. The van der Waals surface area contributed by atoms with Crippen LogP contribution < -0.4 is 5.32 Å². The monoisotopic (exact) mass is 354 g/mol. The number of anilines is 1. The summed E-state index contributed by atoms with van der Waals surface area (Å²) in [5.74, 6) is -0.743. The number of ether oxygens (including phenoxy) is 2. The van der Waals surface area contributed by atoms with Gasteiger partial charge in [0.05, 0.1) is 31.6 Å². The van der Waals surface area contributed by atoms with E-state index in [1.54, 1.807) is 30.3 Å². The number of benzene rings is 2. The van der Waals surface area contributed by atoms with Crippen LogP contribution in [0.15, 0.2) is 48.5 Å². The van der Waals surface area contributed by atoms with Gasteiger partial charge < -0.3 is 14.8 Å². The van der Waals surface area contributed by atoms with Crippen molar-refractivity contribution in [2.45, 2.75) is 6.54 Å². The minimum absolute atomic E-state index is 0.259. The Morgan fingerprint density at radius 1 is 1.12 bits per heavy atom. The SMILES string of the molecule is COC(=O)c1ccccc1NC(=O)c1cccc(CN2CCOCC2)c1. The van der Waals surface area contributed by atoms with Gasteiger partial charge >= 0.3 is 5.97 Å². The summed E-state index contributed by atoms with van der Waals surface area (Å²) < 4.78 is 10.1. The number of nitrogens with one attached hydrogen (secondary N) is 1. The lowest BCUT2D eigenvalue weighted by Gasteiger charge is -2.26. The van der Waals surface area contributed by atoms with Gasteiger partial charge in [-0.15, -0.1) is 0 Å². The van der Waals surface area contributed by atoms with Crippen molar-refractivity contribution in [2.24, 2.45) is 0 Å². The van der Waals surface area contributed by atoms with E-state index in [2.05, 4.69) is 10.2 Å². The van der Waals surface area contributed by atoms with Gasteiger partial charge in [-0.05, 0) is 29.8 Å². The molecular formula is C20H22N2O4. The van der Waals surface area contributed by atoms with Crippen molar-refractivity contribution >= 4 is 17.6 Å². The molecule has 3 rings (SSSR count). The molecule has 1 aliphatic rings. The minimum Gasteiger partial charge on any atom is -0.465 e. The molecule has 136 valence electrons. The number of rotatable bonds is 5. The Bertz CT molecular complexity index is 785. The Morgan fingerprint density at radius 2 is 1.88 bits per heavy atom. The molecular weight excluding hydrogens is 332 g/mol. The van der Waals surface area contributed by atoms with Crippen LogP contribution in [0.25, 0.3) is 0 Å². The van der Waals surface area contributed by atoms with Crippen LogP contribution in [-0.4, -0.2) is 50.2 Å². The van der Waals surface area contributed by atoms with Gasteiger partial charge in [0.1, 0.15) is 0 Å². The largest absolute Gasteiger partial charge is 0.465 e. The molecule has 0 saturated carbocycles. The van der Waals surface area contributed by atoms with Crippen molar-refractivity contribution in [1.82, 2.24) is 4.90 Å². The van der Waals surface area contributed by atoms with E-state index in [1.807, 2.05) is 18.2 Å². The Balaban J connectivity index is 1.72. The molecule has 1 heterocycles. The highest BCUT2D eigenvalue weighted by Crippen LogP contribution is 2.18. The third-order valence-electron chi connectivity index (χ3n) is 4.28. The van der Waals surface area contributed by atoms with Gasteiger partial charge in [0.2, 0.25) is 0 Å². The van der Waals surface area contributed by atoms with Crippen molar-refractivity contribution in [3.8, 4) is 0 Å². The fraction of sp³-hybridized carbons (Fsp3) is 0.300. The predicted molar refractivity (Wildman–Crippen MR) is 98.3 cm³/mol. The van der Waals surface area contributed by atoms with Crippen molar-refractivity contribution in [1.29, 1.82) is 0 Å². The highest BCUT2D eigenvalue weighted by atomic mass is 16.5. The number of nitrogens with zero attached hydrogens (tertiary/aromatic N) is 1. The molecule has 1 N–H and O–H groups in total. The van der Waals surface area contributed by atoms with Crippen molar-refractivity contribution in [3.05, 3.63) is 65.2 Å². The van der Waals surface area contributed by atoms with Crippen LogP contribution in [0.2, 0.25) is 0 Å². The van der Waals surface area contributed by atoms with Gasteiger partial charge in [-0.3, -0.25) is 9.69 Å². The standard InChI is InChI=1S/C20H22N2O4/c1-25-20(24)17-7-2-3-8-18(17)21-19(23)16-6-4-5-15(13-16)14-22-9-11-26-12-10-22/h2-8,13H,9-12,14H2,1H3,(H,21,23). The molecule has 6 heteroatoms. The summed E-state index contributed by atoms with van der Waals surface area (Å²) >= 11 is 0. The predicted octanol–water partition coefficient (Wildman–Crippen LogP) is 2.56. The third-order valence-corrected chi connectivity index (χ3v) is 4.28. The molecule has 0 bridgehead atoms. The molecule has 0 unspecified atom stereocenters. The number of esters is 1. The second-order valence-corrected chi connectivity index (χ2v) is 6.08. The second kappa shape index (κ2) is 8.60.